The Morgan fingerprint density at radius 3 is 2.69 bits per heavy atom. The number of hydrogen-bond acceptors (Lipinski definition) is 5. The zero-order valence-corrected chi connectivity index (χ0v) is 16.9. The highest BCUT2D eigenvalue weighted by molar-refractivity contribution is 7.87. The van der Waals surface area contributed by atoms with Crippen LogP contribution in [0.2, 0.25) is 0 Å². The van der Waals surface area contributed by atoms with Crippen LogP contribution in [0.25, 0.3) is 11.0 Å². The molecule has 2 heterocycles. The maximum atomic E-state index is 12.8. The molecule has 0 saturated heterocycles. The molecule has 1 aliphatic heterocycles. The van der Waals surface area contributed by atoms with Gasteiger partial charge in [0.25, 0.3) is 0 Å². The van der Waals surface area contributed by atoms with Crippen LogP contribution < -0.4 is 4.18 Å². The molecule has 0 radical (unpaired) electrons. The van der Waals surface area contributed by atoms with Crippen molar-refractivity contribution in [3.05, 3.63) is 34.9 Å². The Morgan fingerprint density at radius 2 is 2.10 bits per heavy atom. The minimum absolute atomic E-state index is 0.142. The molecule has 1 aromatic heterocycles. The molecule has 156 valence electrons. The lowest BCUT2D eigenvalue weighted by Crippen LogP contribution is -2.35. The van der Waals surface area contributed by atoms with E-state index in [0.29, 0.717) is 35.2 Å². The number of rotatable bonds is 4. The number of hydrogen-bond donors (Lipinski definition) is 0. The van der Waals surface area contributed by atoms with Crippen LogP contribution in [0, 0.1) is 12.3 Å². The molecule has 0 aliphatic carbocycles. The van der Waals surface area contributed by atoms with Crippen molar-refractivity contribution in [3.63, 3.8) is 0 Å². The van der Waals surface area contributed by atoms with Crippen molar-refractivity contribution in [2.75, 3.05) is 6.54 Å². The molecule has 6 nitrogen and oxygen atoms in total. The Labute approximate surface area is 167 Å². The standard InChI is InChI=1S/C19H20F3N3O3S/c1-5-14-6-7-16-17-15(14)11-24(9-8-12(2)3)13(4)10-25(17)18(23-16)28-29(26,27)19(20,21)22/h1,6-8,13H,9-11H2,2-4H3/t13-/m0/s1. The third-order valence-corrected chi connectivity index (χ3v) is 5.70. The van der Waals surface area contributed by atoms with Gasteiger partial charge in [0.2, 0.25) is 0 Å². The van der Waals surface area contributed by atoms with Crippen molar-refractivity contribution < 1.29 is 25.8 Å². The van der Waals surface area contributed by atoms with E-state index in [1.54, 1.807) is 12.1 Å². The van der Waals surface area contributed by atoms with E-state index in [2.05, 4.69) is 20.0 Å². The Kier molecular flexibility index (Phi) is 5.40. The molecule has 3 rings (SSSR count). The highest BCUT2D eigenvalue weighted by atomic mass is 32.2. The largest absolute Gasteiger partial charge is 0.534 e. The molecular weight excluding hydrogens is 407 g/mol. The summed E-state index contributed by atoms with van der Waals surface area (Å²) in [6.45, 7) is 7.08. The topological polar surface area (TPSA) is 64.4 Å². The summed E-state index contributed by atoms with van der Waals surface area (Å²) in [5, 5.41) is 0. The zero-order valence-electron chi connectivity index (χ0n) is 16.1. The van der Waals surface area contributed by atoms with Crippen LogP contribution in [-0.2, 0) is 23.2 Å². The summed E-state index contributed by atoms with van der Waals surface area (Å²) in [7, 11) is -5.85. The summed E-state index contributed by atoms with van der Waals surface area (Å²) in [6, 6.07) is 2.43. The average molecular weight is 427 g/mol. The Bertz CT molecular complexity index is 1120. The summed E-state index contributed by atoms with van der Waals surface area (Å²) < 4.78 is 67.3. The summed E-state index contributed by atoms with van der Waals surface area (Å²) in [6.07, 6.45) is 7.66. The van der Waals surface area contributed by atoms with Gasteiger partial charge in [0.1, 0.15) is 0 Å². The van der Waals surface area contributed by atoms with Crippen LogP contribution >= 0.6 is 0 Å². The smallest absolute Gasteiger partial charge is 0.338 e. The van der Waals surface area contributed by atoms with E-state index >= 15 is 0 Å². The molecule has 0 spiro atoms. The fraction of sp³-hybridized carbons (Fsp3) is 0.421. The van der Waals surface area contributed by atoms with Crippen molar-refractivity contribution >= 4 is 21.2 Å². The number of imidazole rings is 1. The van der Waals surface area contributed by atoms with Crippen molar-refractivity contribution in [2.45, 2.75) is 45.4 Å². The fourth-order valence-electron chi connectivity index (χ4n) is 3.23. The van der Waals surface area contributed by atoms with E-state index in [0.717, 1.165) is 5.57 Å². The first-order valence-electron chi connectivity index (χ1n) is 8.81. The fourth-order valence-corrected chi connectivity index (χ4v) is 3.65. The predicted octanol–water partition coefficient (Wildman–Crippen LogP) is 3.42. The maximum absolute atomic E-state index is 12.8. The molecule has 2 aromatic rings. The number of halogens is 3. The van der Waals surface area contributed by atoms with Gasteiger partial charge in [-0.3, -0.25) is 9.47 Å². The first-order chi connectivity index (χ1) is 13.4. The second kappa shape index (κ2) is 7.39. The van der Waals surface area contributed by atoms with Gasteiger partial charge >= 0.3 is 21.6 Å². The quantitative estimate of drug-likeness (QED) is 0.324. The predicted molar refractivity (Wildman–Crippen MR) is 103 cm³/mol. The van der Waals surface area contributed by atoms with Gasteiger partial charge in [-0.15, -0.1) is 6.42 Å². The molecule has 0 amide bonds. The van der Waals surface area contributed by atoms with Gasteiger partial charge in [-0.2, -0.15) is 26.6 Å². The second-order valence-electron chi connectivity index (χ2n) is 7.15. The van der Waals surface area contributed by atoms with Gasteiger partial charge in [-0.05, 0) is 32.9 Å². The number of aromatic nitrogens is 2. The third-order valence-electron chi connectivity index (χ3n) is 4.77. The van der Waals surface area contributed by atoms with Gasteiger partial charge in [-0.1, -0.05) is 17.6 Å². The molecule has 0 N–H and O–H groups in total. The molecule has 0 saturated carbocycles. The van der Waals surface area contributed by atoms with Crippen LogP contribution in [-0.4, -0.2) is 41.0 Å². The molecule has 1 atom stereocenters. The van der Waals surface area contributed by atoms with Crippen LogP contribution in [0.5, 0.6) is 6.01 Å². The lowest BCUT2D eigenvalue weighted by atomic mass is 10.1. The average Bonchev–Trinajstić information content (AvgIpc) is 2.85. The normalized spacial score (nSPS) is 17.6. The van der Waals surface area contributed by atoms with Crippen LogP contribution in [0.4, 0.5) is 13.2 Å². The molecule has 1 aromatic carbocycles. The molecule has 0 fully saturated rings. The number of nitrogens with zero attached hydrogens (tertiary/aromatic N) is 3. The van der Waals surface area contributed by atoms with Crippen LogP contribution in [0.1, 0.15) is 31.9 Å². The summed E-state index contributed by atoms with van der Waals surface area (Å²) in [4.78, 5) is 6.11. The van der Waals surface area contributed by atoms with E-state index in [-0.39, 0.29) is 12.6 Å². The number of benzene rings is 1. The number of terminal acetylenes is 1. The number of allylic oxidation sites excluding steroid dienone is 1. The highest BCUT2D eigenvalue weighted by Gasteiger charge is 2.49. The van der Waals surface area contributed by atoms with Crippen molar-refractivity contribution in [1.29, 1.82) is 0 Å². The van der Waals surface area contributed by atoms with E-state index in [4.69, 9.17) is 6.42 Å². The molecule has 0 bridgehead atoms. The molecule has 10 heteroatoms. The van der Waals surface area contributed by atoms with E-state index < -0.39 is 21.6 Å². The van der Waals surface area contributed by atoms with E-state index in [1.165, 1.54) is 4.57 Å². The molecule has 1 aliphatic rings. The zero-order chi connectivity index (χ0) is 21.6. The van der Waals surface area contributed by atoms with Crippen molar-refractivity contribution in [3.8, 4) is 18.4 Å². The minimum Gasteiger partial charge on any atom is -0.338 e. The Morgan fingerprint density at radius 1 is 1.41 bits per heavy atom. The van der Waals surface area contributed by atoms with Gasteiger partial charge < -0.3 is 4.18 Å². The molecular formula is C19H20F3N3O3S. The lowest BCUT2D eigenvalue weighted by Gasteiger charge is -2.26. The van der Waals surface area contributed by atoms with Crippen molar-refractivity contribution in [2.24, 2.45) is 0 Å². The lowest BCUT2D eigenvalue weighted by molar-refractivity contribution is -0.0503. The van der Waals surface area contributed by atoms with Gasteiger partial charge in [0.15, 0.2) is 0 Å². The van der Waals surface area contributed by atoms with Gasteiger partial charge in [0, 0.05) is 36.8 Å². The van der Waals surface area contributed by atoms with Gasteiger partial charge in [-0.25, -0.2) is 0 Å². The Balaban J connectivity index is 2.16. The third kappa shape index (κ3) is 3.97. The van der Waals surface area contributed by atoms with E-state index in [1.807, 2.05) is 26.8 Å². The molecule has 29 heavy (non-hydrogen) atoms. The van der Waals surface area contributed by atoms with Gasteiger partial charge in [0.05, 0.1) is 11.0 Å². The van der Waals surface area contributed by atoms with Crippen LogP contribution in [0.3, 0.4) is 0 Å². The van der Waals surface area contributed by atoms with Crippen LogP contribution in [0.15, 0.2) is 23.8 Å². The monoisotopic (exact) mass is 427 g/mol. The minimum atomic E-state index is -5.85. The summed E-state index contributed by atoms with van der Waals surface area (Å²) in [5.74, 6) is 2.59. The Hall–Kier alpha value is -2.51. The second-order valence-corrected chi connectivity index (χ2v) is 8.69. The highest BCUT2D eigenvalue weighted by Crippen LogP contribution is 2.34. The first kappa shape index (κ1) is 21.2. The summed E-state index contributed by atoms with van der Waals surface area (Å²) >= 11 is 0. The van der Waals surface area contributed by atoms with E-state index in [9.17, 15) is 21.6 Å². The number of alkyl halides is 3. The first-order valence-corrected chi connectivity index (χ1v) is 10.2. The molecule has 0 unspecified atom stereocenters. The summed E-state index contributed by atoms with van der Waals surface area (Å²) in [5.41, 5.74) is -2.35. The van der Waals surface area contributed by atoms with Crippen molar-refractivity contribution in [1.82, 2.24) is 14.5 Å². The SMILES string of the molecule is C#Cc1ccc2nc(OS(=O)(=O)C(F)(F)F)n3c2c1CN(CC=C(C)C)[C@@H](C)C3. The maximum Gasteiger partial charge on any atom is 0.534 e.